The third-order valence-corrected chi connectivity index (χ3v) is 6.66. The minimum absolute atomic E-state index is 0.0424. The summed E-state index contributed by atoms with van der Waals surface area (Å²) < 4.78 is 28.4. The number of fused-ring (bicyclic) bond motifs is 4. The molecular weight excluding hydrogens is 364 g/mol. The van der Waals surface area contributed by atoms with Crippen LogP contribution in [0.1, 0.15) is 61.1 Å². The molecule has 0 aromatic carbocycles. The predicted octanol–water partition coefficient (Wildman–Crippen LogP) is 2.88. The molecular formula is C21H24O7. The van der Waals surface area contributed by atoms with Crippen molar-refractivity contribution in [3.8, 4) is 0 Å². The first kappa shape index (κ1) is 17.9. The van der Waals surface area contributed by atoms with Gasteiger partial charge >= 0.3 is 11.9 Å². The Morgan fingerprint density at radius 1 is 1.36 bits per heavy atom. The fourth-order valence-electron chi connectivity index (χ4n) is 4.78. The van der Waals surface area contributed by atoms with Gasteiger partial charge in [-0.3, -0.25) is 0 Å². The third kappa shape index (κ3) is 2.49. The monoisotopic (exact) mass is 388 g/mol. The minimum atomic E-state index is -0.828. The zero-order valence-corrected chi connectivity index (χ0v) is 16.3. The lowest BCUT2D eigenvalue weighted by atomic mass is 9.85. The SMILES string of the molecule is C=C(C)[C@H]1CC[C@]23O[C@@H]2[C@@H](C[C@]2(C)O[C@H]2c2cc(C(=O)OC)c(o2)C1)OC3=O. The van der Waals surface area contributed by atoms with E-state index in [1.165, 1.54) is 7.11 Å². The Balaban J connectivity index is 1.53. The van der Waals surface area contributed by atoms with E-state index in [1.807, 2.05) is 13.8 Å². The van der Waals surface area contributed by atoms with E-state index >= 15 is 0 Å². The Morgan fingerprint density at radius 2 is 2.14 bits per heavy atom. The van der Waals surface area contributed by atoms with Gasteiger partial charge in [0, 0.05) is 12.8 Å². The molecule has 0 aliphatic carbocycles. The van der Waals surface area contributed by atoms with Crippen LogP contribution in [0.25, 0.3) is 0 Å². The van der Waals surface area contributed by atoms with E-state index in [0.29, 0.717) is 42.8 Å². The molecule has 3 fully saturated rings. The van der Waals surface area contributed by atoms with Gasteiger partial charge in [0.1, 0.15) is 41.0 Å². The Kier molecular flexibility index (Phi) is 3.65. The van der Waals surface area contributed by atoms with E-state index in [-0.39, 0.29) is 30.2 Å². The highest BCUT2D eigenvalue weighted by Crippen LogP contribution is 2.58. The minimum Gasteiger partial charge on any atom is -0.465 e. The van der Waals surface area contributed by atoms with E-state index in [4.69, 9.17) is 23.4 Å². The van der Waals surface area contributed by atoms with Crippen molar-refractivity contribution in [3.05, 3.63) is 35.3 Å². The molecule has 3 saturated heterocycles. The van der Waals surface area contributed by atoms with Crippen LogP contribution in [0, 0.1) is 5.92 Å². The Labute approximate surface area is 162 Å². The number of allylic oxidation sites excluding steroid dienone is 1. The summed E-state index contributed by atoms with van der Waals surface area (Å²) in [4.78, 5) is 24.8. The summed E-state index contributed by atoms with van der Waals surface area (Å²) >= 11 is 0. The zero-order valence-electron chi connectivity index (χ0n) is 16.3. The van der Waals surface area contributed by atoms with E-state index < -0.39 is 17.2 Å². The molecule has 0 amide bonds. The van der Waals surface area contributed by atoms with Crippen molar-refractivity contribution >= 4 is 11.9 Å². The molecule has 5 heterocycles. The highest BCUT2D eigenvalue weighted by molar-refractivity contribution is 5.90. The average molecular weight is 388 g/mol. The Hall–Kier alpha value is -2.12. The number of ether oxygens (including phenoxy) is 4. The van der Waals surface area contributed by atoms with Gasteiger partial charge in [-0.05, 0) is 38.7 Å². The van der Waals surface area contributed by atoms with Crippen LogP contribution < -0.4 is 0 Å². The Bertz CT molecular complexity index is 885. The maximum atomic E-state index is 12.5. The van der Waals surface area contributed by atoms with Crippen LogP contribution in [0.5, 0.6) is 0 Å². The fraction of sp³-hybridized carbons (Fsp3) is 0.619. The van der Waals surface area contributed by atoms with Crippen molar-refractivity contribution in [3.63, 3.8) is 0 Å². The van der Waals surface area contributed by atoms with Crippen LogP contribution >= 0.6 is 0 Å². The number of esters is 2. The number of rotatable bonds is 2. The summed E-state index contributed by atoms with van der Waals surface area (Å²) in [5.74, 6) is 0.521. The van der Waals surface area contributed by atoms with E-state index in [2.05, 4.69) is 6.58 Å². The lowest BCUT2D eigenvalue weighted by Gasteiger charge is -2.18. The molecule has 28 heavy (non-hydrogen) atoms. The molecule has 4 aliphatic heterocycles. The van der Waals surface area contributed by atoms with Crippen LogP contribution in [0.4, 0.5) is 0 Å². The Morgan fingerprint density at radius 3 is 2.82 bits per heavy atom. The smallest absolute Gasteiger partial charge is 0.341 e. The summed E-state index contributed by atoms with van der Waals surface area (Å²) in [7, 11) is 1.36. The standard InChI is InChI=1S/C21H24O7/c1-10(2)11-5-6-21-17(28-21)15(26-19(21)23)9-20(3)16(27-20)14-8-12(18(22)24-4)13(7-11)25-14/h8,11,15-17H,1,5-7,9H2,2-4H3/t11-,15+,16-,17+,20-,21-/m0/s1. The number of hydrogen-bond donors (Lipinski definition) is 0. The molecule has 6 atom stereocenters. The molecule has 0 N–H and O–H groups in total. The molecule has 4 bridgehead atoms. The van der Waals surface area contributed by atoms with Crippen molar-refractivity contribution < 1.29 is 33.0 Å². The van der Waals surface area contributed by atoms with Crippen molar-refractivity contribution in [1.29, 1.82) is 0 Å². The first-order valence-corrected chi connectivity index (χ1v) is 9.70. The molecule has 7 nitrogen and oxygen atoms in total. The van der Waals surface area contributed by atoms with Gasteiger partial charge in [-0.1, -0.05) is 12.2 Å². The molecule has 150 valence electrons. The van der Waals surface area contributed by atoms with Gasteiger partial charge in [0.2, 0.25) is 0 Å². The maximum Gasteiger partial charge on any atom is 0.341 e. The van der Waals surface area contributed by atoms with Gasteiger partial charge in [-0.15, -0.1) is 0 Å². The molecule has 7 heteroatoms. The number of methoxy groups -OCH3 is 1. The first-order chi connectivity index (χ1) is 13.3. The van der Waals surface area contributed by atoms with Gasteiger partial charge in [0.05, 0.1) is 7.11 Å². The van der Waals surface area contributed by atoms with Crippen molar-refractivity contribution in [1.82, 2.24) is 0 Å². The van der Waals surface area contributed by atoms with Crippen molar-refractivity contribution in [2.75, 3.05) is 7.11 Å². The first-order valence-electron chi connectivity index (χ1n) is 9.70. The summed E-state index contributed by atoms with van der Waals surface area (Å²) in [6.07, 6.45) is 1.48. The zero-order chi connectivity index (χ0) is 19.8. The third-order valence-electron chi connectivity index (χ3n) is 6.66. The molecule has 0 unspecified atom stereocenters. The number of carbonyl (C=O) groups excluding carboxylic acids is 2. The van der Waals surface area contributed by atoms with Gasteiger partial charge in [0.15, 0.2) is 5.60 Å². The van der Waals surface area contributed by atoms with Crippen molar-refractivity contribution in [2.24, 2.45) is 5.92 Å². The quantitative estimate of drug-likeness (QED) is 0.437. The highest BCUT2D eigenvalue weighted by atomic mass is 16.7. The summed E-state index contributed by atoms with van der Waals surface area (Å²) in [5.41, 5.74) is 0.0451. The summed E-state index contributed by atoms with van der Waals surface area (Å²) in [6, 6.07) is 1.72. The molecule has 0 radical (unpaired) electrons. The lowest BCUT2D eigenvalue weighted by Crippen LogP contribution is -2.24. The van der Waals surface area contributed by atoms with E-state index in [9.17, 15) is 9.59 Å². The van der Waals surface area contributed by atoms with E-state index in [0.717, 1.165) is 5.57 Å². The van der Waals surface area contributed by atoms with Gasteiger partial charge < -0.3 is 23.4 Å². The summed E-state index contributed by atoms with van der Waals surface area (Å²) in [6.45, 7) is 8.01. The number of hydrogen-bond acceptors (Lipinski definition) is 7. The second-order valence-electron chi connectivity index (χ2n) is 8.65. The number of epoxide rings is 2. The molecule has 0 saturated carbocycles. The number of furan rings is 1. The topological polar surface area (TPSA) is 90.8 Å². The molecule has 0 spiro atoms. The largest absolute Gasteiger partial charge is 0.465 e. The lowest BCUT2D eigenvalue weighted by molar-refractivity contribution is -0.154. The van der Waals surface area contributed by atoms with Crippen LogP contribution in [0.2, 0.25) is 0 Å². The second kappa shape index (κ2) is 5.70. The second-order valence-corrected chi connectivity index (χ2v) is 8.65. The van der Waals surface area contributed by atoms with Crippen LogP contribution in [-0.4, -0.2) is 42.5 Å². The van der Waals surface area contributed by atoms with Gasteiger partial charge in [-0.2, -0.15) is 0 Å². The summed E-state index contributed by atoms with van der Waals surface area (Å²) in [5, 5.41) is 0. The van der Waals surface area contributed by atoms with Crippen LogP contribution in [-0.2, 0) is 30.2 Å². The molecule has 5 rings (SSSR count). The van der Waals surface area contributed by atoms with Crippen LogP contribution in [0.3, 0.4) is 0 Å². The predicted molar refractivity (Wildman–Crippen MR) is 95.6 cm³/mol. The molecule has 1 aromatic heterocycles. The molecule has 4 aliphatic rings. The van der Waals surface area contributed by atoms with Crippen molar-refractivity contribution in [2.45, 2.75) is 69.0 Å². The van der Waals surface area contributed by atoms with Gasteiger partial charge in [-0.25, -0.2) is 9.59 Å². The fourth-order valence-corrected chi connectivity index (χ4v) is 4.78. The number of carbonyl (C=O) groups is 2. The molecule has 1 aromatic rings. The highest BCUT2D eigenvalue weighted by Gasteiger charge is 2.74. The average Bonchev–Trinajstić information content (AvgIpc) is 3.46. The van der Waals surface area contributed by atoms with E-state index in [1.54, 1.807) is 6.07 Å². The van der Waals surface area contributed by atoms with Gasteiger partial charge in [0.25, 0.3) is 0 Å². The van der Waals surface area contributed by atoms with Crippen LogP contribution in [0.15, 0.2) is 22.6 Å². The maximum absolute atomic E-state index is 12.5. The normalized spacial score (nSPS) is 40.8.